The molecule has 0 radical (unpaired) electrons. The van der Waals surface area contributed by atoms with Crippen molar-refractivity contribution >= 4 is 28.7 Å². The van der Waals surface area contributed by atoms with Gasteiger partial charge in [0.25, 0.3) is 5.91 Å². The van der Waals surface area contributed by atoms with E-state index in [1.165, 1.54) is 0 Å². The van der Waals surface area contributed by atoms with Crippen LogP contribution < -0.4 is 5.73 Å². The highest BCUT2D eigenvalue weighted by Crippen LogP contribution is 2.50. The molecule has 2 aliphatic rings. The van der Waals surface area contributed by atoms with Gasteiger partial charge in [0.05, 0.1) is 10.9 Å². The smallest absolute Gasteiger partial charge is 0.273 e. The van der Waals surface area contributed by atoms with Gasteiger partial charge in [-0.3, -0.25) is 9.59 Å². The number of benzene rings is 2. The Hall–Kier alpha value is -3.48. The van der Waals surface area contributed by atoms with Crippen LogP contribution in [0.5, 0.6) is 0 Å². The van der Waals surface area contributed by atoms with Gasteiger partial charge in [-0.25, -0.2) is 9.97 Å². The van der Waals surface area contributed by atoms with E-state index in [1.807, 2.05) is 42.5 Å². The van der Waals surface area contributed by atoms with Crippen LogP contribution >= 0.6 is 0 Å². The van der Waals surface area contributed by atoms with Gasteiger partial charge < -0.3 is 15.5 Å². The first kappa shape index (κ1) is 18.5. The van der Waals surface area contributed by atoms with Gasteiger partial charge in [0.1, 0.15) is 5.69 Å². The summed E-state index contributed by atoms with van der Waals surface area (Å²) >= 11 is 0. The van der Waals surface area contributed by atoms with Crippen molar-refractivity contribution in [2.45, 2.75) is 31.3 Å². The number of anilines is 1. The molecule has 0 spiro atoms. The van der Waals surface area contributed by atoms with Crippen molar-refractivity contribution in [1.82, 2.24) is 19.8 Å². The van der Waals surface area contributed by atoms with Gasteiger partial charge in [-0.05, 0) is 41.7 Å². The molecule has 2 heterocycles. The van der Waals surface area contributed by atoms with Crippen LogP contribution in [0.3, 0.4) is 0 Å². The van der Waals surface area contributed by atoms with Crippen LogP contribution in [0, 0.1) is 0 Å². The Morgan fingerprint density at radius 3 is 2.30 bits per heavy atom. The summed E-state index contributed by atoms with van der Waals surface area (Å²) in [4.78, 5) is 38.2. The number of carbonyl (C=O) groups excluding carboxylic acids is 2. The molecule has 3 aromatic rings. The minimum Gasteiger partial charge on any atom is -0.368 e. The summed E-state index contributed by atoms with van der Waals surface area (Å²) in [5.74, 6) is -0.0203. The van der Waals surface area contributed by atoms with Gasteiger partial charge in [0, 0.05) is 32.6 Å². The van der Waals surface area contributed by atoms with Crippen molar-refractivity contribution in [3.63, 3.8) is 0 Å². The van der Waals surface area contributed by atoms with E-state index in [1.54, 1.807) is 23.9 Å². The first-order chi connectivity index (χ1) is 14.4. The molecule has 1 saturated carbocycles. The summed E-state index contributed by atoms with van der Waals surface area (Å²) in [6.07, 6.45) is 1.60. The number of hydrogen-bond donors (Lipinski definition) is 1. The van der Waals surface area contributed by atoms with Crippen LogP contribution in [0.25, 0.3) is 10.9 Å². The molecule has 2 aromatic carbocycles. The molecule has 0 atom stereocenters. The third-order valence-electron chi connectivity index (χ3n) is 6.16. The van der Waals surface area contributed by atoms with E-state index in [0.29, 0.717) is 29.7 Å². The van der Waals surface area contributed by atoms with Crippen LogP contribution in [0.2, 0.25) is 0 Å². The number of amides is 2. The lowest BCUT2D eigenvalue weighted by Crippen LogP contribution is -2.33. The SMILES string of the molecule is CN(C)C(=O)C1(c2ccc3nc(N)nc(C(=O)N4Cc5ccccc5C4)c3c2)CC1. The van der Waals surface area contributed by atoms with Crippen LogP contribution in [-0.4, -0.2) is 45.7 Å². The van der Waals surface area contributed by atoms with E-state index >= 15 is 0 Å². The Morgan fingerprint density at radius 1 is 1.03 bits per heavy atom. The number of nitrogens with zero attached hydrogens (tertiary/aromatic N) is 4. The molecule has 7 nitrogen and oxygen atoms in total. The number of hydrogen-bond acceptors (Lipinski definition) is 5. The molecular formula is C23H23N5O2. The van der Waals surface area contributed by atoms with Crippen LogP contribution in [-0.2, 0) is 23.3 Å². The summed E-state index contributed by atoms with van der Waals surface area (Å²) in [6.45, 7) is 1.09. The van der Waals surface area contributed by atoms with Gasteiger partial charge in [0.15, 0.2) is 0 Å². The highest BCUT2D eigenvalue weighted by molar-refractivity contribution is 6.05. The summed E-state index contributed by atoms with van der Waals surface area (Å²) in [7, 11) is 3.54. The van der Waals surface area contributed by atoms with E-state index in [9.17, 15) is 9.59 Å². The number of nitrogens with two attached hydrogens (primary N) is 1. The Bertz CT molecular complexity index is 1170. The highest BCUT2D eigenvalue weighted by Gasteiger charge is 2.52. The zero-order chi connectivity index (χ0) is 21.0. The van der Waals surface area contributed by atoms with Gasteiger partial charge in [-0.2, -0.15) is 0 Å². The maximum atomic E-state index is 13.4. The Labute approximate surface area is 174 Å². The molecule has 0 unspecified atom stereocenters. The molecule has 1 aliphatic carbocycles. The van der Waals surface area contributed by atoms with E-state index in [2.05, 4.69) is 9.97 Å². The van der Waals surface area contributed by atoms with E-state index in [-0.39, 0.29) is 17.8 Å². The summed E-state index contributed by atoms with van der Waals surface area (Å²) in [5, 5.41) is 0.639. The topological polar surface area (TPSA) is 92.4 Å². The third kappa shape index (κ3) is 2.81. The lowest BCUT2D eigenvalue weighted by Gasteiger charge is -2.21. The lowest BCUT2D eigenvalue weighted by atomic mass is 9.92. The number of fused-ring (bicyclic) bond motifs is 2. The number of likely N-dealkylation sites (N-methyl/N-ethyl adjacent to an activating group) is 1. The fraction of sp³-hybridized carbons (Fsp3) is 0.304. The molecule has 1 fully saturated rings. The molecule has 0 bridgehead atoms. The second kappa shape index (κ2) is 6.52. The Morgan fingerprint density at radius 2 is 1.70 bits per heavy atom. The monoisotopic (exact) mass is 401 g/mol. The second-order valence-corrected chi connectivity index (χ2v) is 8.37. The zero-order valence-corrected chi connectivity index (χ0v) is 17.1. The summed E-state index contributed by atoms with van der Waals surface area (Å²) in [6, 6.07) is 13.7. The number of carbonyl (C=O) groups is 2. The summed E-state index contributed by atoms with van der Waals surface area (Å²) in [5.41, 5.74) is 9.50. The average Bonchev–Trinajstić information content (AvgIpc) is 3.43. The molecule has 0 saturated heterocycles. The van der Waals surface area contributed by atoms with E-state index in [0.717, 1.165) is 29.5 Å². The first-order valence-electron chi connectivity index (χ1n) is 10.0. The molecule has 1 aliphatic heterocycles. The largest absolute Gasteiger partial charge is 0.368 e. The molecule has 152 valence electrons. The minimum absolute atomic E-state index is 0.0702. The number of aromatic nitrogens is 2. The number of nitrogen functional groups attached to an aromatic ring is 1. The molecule has 30 heavy (non-hydrogen) atoms. The minimum atomic E-state index is -0.511. The van der Waals surface area contributed by atoms with Crippen LogP contribution in [0.4, 0.5) is 5.95 Å². The Kier molecular flexibility index (Phi) is 4.03. The maximum absolute atomic E-state index is 13.4. The van der Waals surface area contributed by atoms with E-state index < -0.39 is 5.41 Å². The fourth-order valence-corrected chi connectivity index (χ4v) is 4.41. The Balaban J connectivity index is 1.57. The van der Waals surface area contributed by atoms with Crippen molar-refractivity contribution in [3.05, 3.63) is 64.8 Å². The highest BCUT2D eigenvalue weighted by atomic mass is 16.2. The standard InChI is InChI=1S/C23H23N5O2/c1-27(2)21(30)23(9-10-23)16-7-8-18-17(11-16)19(26-22(24)25-18)20(29)28-12-14-5-3-4-6-15(14)13-28/h3-8,11H,9-10,12-13H2,1-2H3,(H2,24,25,26). The summed E-state index contributed by atoms with van der Waals surface area (Å²) < 4.78 is 0. The average molecular weight is 401 g/mol. The predicted molar refractivity (Wildman–Crippen MR) is 114 cm³/mol. The van der Waals surface area contributed by atoms with Crippen molar-refractivity contribution in [1.29, 1.82) is 0 Å². The quantitative estimate of drug-likeness (QED) is 0.728. The normalized spacial score (nSPS) is 16.4. The van der Waals surface area contributed by atoms with Gasteiger partial charge in [-0.15, -0.1) is 0 Å². The molecule has 1 aromatic heterocycles. The fourth-order valence-electron chi connectivity index (χ4n) is 4.41. The maximum Gasteiger partial charge on any atom is 0.273 e. The zero-order valence-electron chi connectivity index (χ0n) is 17.1. The third-order valence-corrected chi connectivity index (χ3v) is 6.16. The number of rotatable bonds is 3. The van der Waals surface area contributed by atoms with Crippen LogP contribution in [0.1, 0.15) is 40.0 Å². The van der Waals surface area contributed by atoms with Gasteiger partial charge in [-0.1, -0.05) is 30.3 Å². The lowest BCUT2D eigenvalue weighted by molar-refractivity contribution is -0.131. The molecular weight excluding hydrogens is 378 g/mol. The van der Waals surface area contributed by atoms with Crippen molar-refractivity contribution in [2.24, 2.45) is 0 Å². The van der Waals surface area contributed by atoms with Crippen molar-refractivity contribution in [3.8, 4) is 0 Å². The predicted octanol–water partition coefficient (Wildman–Crippen LogP) is 2.49. The van der Waals surface area contributed by atoms with Crippen LogP contribution in [0.15, 0.2) is 42.5 Å². The van der Waals surface area contributed by atoms with Crippen molar-refractivity contribution < 1.29 is 9.59 Å². The van der Waals surface area contributed by atoms with Crippen molar-refractivity contribution in [2.75, 3.05) is 19.8 Å². The molecule has 2 N–H and O–H groups in total. The first-order valence-corrected chi connectivity index (χ1v) is 10.0. The second-order valence-electron chi connectivity index (χ2n) is 8.37. The van der Waals surface area contributed by atoms with E-state index in [4.69, 9.17) is 5.73 Å². The molecule has 7 heteroatoms. The van der Waals surface area contributed by atoms with Gasteiger partial charge in [0.2, 0.25) is 11.9 Å². The molecule has 2 amide bonds. The molecule has 5 rings (SSSR count). The van der Waals surface area contributed by atoms with Gasteiger partial charge >= 0.3 is 0 Å².